The summed E-state index contributed by atoms with van der Waals surface area (Å²) in [6.07, 6.45) is 2.07. The van der Waals surface area contributed by atoms with Gasteiger partial charge in [-0.2, -0.15) is 0 Å². The molecule has 0 spiro atoms. The van der Waals surface area contributed by atoms with Gasteiger partial charge in [0, 0.05) is 18.3 Å². The lowest BCUT2D eigenvalue weighted by Gasteiger charge is -2.20. The van der Waals surface area contributed by atoms with Crippen molar-refractivity contribution in [3.63, 3.8) is 0 Å². The van der Waals surface area contributed by atoms with Crippen molar-refractivity contribution >= 4 is 33.5 Å². The summed E-state index contributed by atoms with van der Waals surface area (Å²) in [6.45, 7) is 2.33. The average molecular weight is 341 g/mol. The molecule has 0 bridgehead atoms. The molecule has 2 rings (SSSR count). The lowest BCUT2D eigenvalue weighted by Crippen LogP contribution is -2.36. The summed E-state index contributed by atoms with van der Waals surface area (Å²) in [6, 6.07) is 5.27. The van der Waals surface area contributed by atoms with E-state index in [0.717, 1.165) is 12.8 Å². The average Bonchev–Trinajstić information content (AvgIpc) is 3.24. The molecular formula is C14H17BrN2O3. The Bertz CT molecular complexity index is 529. The van der Waals surface area contributed by atoms with Gasteiger partial charge in [0.05, 0.1) is 10.0 Å². The van der Waals surface area contributed by atoms with Crippen molar-refractivity contribution in [1.82, 2.24) is 4.90 Å². The molecule has 0 radical (unpaired) electrons. The highest BCUT2D eigenvalue weighted by molar-refractivity contribution is 9.10. The van der Waals surface area contributed by atoms with Crippen LogP contribution in [0.1, 0.15) is 30.1 Å². The van der Waals surface area contributed by atoms with Crippen LogP contribution in [0.25, 0.3) is 0 Å². The number of anilines is 1. The highest BCUT2D eigenvalue weighted by atomic mass is 79.9. The first kappa shape index (κ1) is 14.8. The fraction of sp³-hybridized carbons (Fsp3) is 0.429. The number of hydrogen-bond acceptors (Lipinski definition) is 4. The number of ether oxygens (including phenoxy) is 1. The van der Waals surface area contributed by atoms with Crippen molar-refractivity contribution < 1.29 is 14.3 Å². The number of halogens is 1. The maximum atomic E-state index is 12.0. The molecule has 0 unspecified atom stereocenters. The molecule has 1 saturated carbocycles. The van der Waals surface area contributed by atoms with Gasteiger partial charge in [-0.1, -0.05) is 6.07 Å². The summed E-state index contributed by atoms with van der Waals surface area (Å²) < 4.78 is 5.56. The van der Waals surface area contributed by atoms with Crippen LogP contribution in [0.5, 0.6) is 0 Å². The Morgan fingerprint density at radius 3 is 2.75 bits per heavy atom. The Balaban J connectivity index is 1.94. The molecule has 2 N–H and O–H groups in total. The molecule has 6 heteroatoms. The molecule has 0 saturated heterocycles. The monoisotopic (exact) mass is 340 g/mol. The van der Waals surface area contributed by atoms with Gasteiger partial charge in [-0.3, -0.25) is 4.79 Å². The molecule has 0 aliphatic heterocycles. The number of amides is 1. The number of rotatable bonds is 5. The van der Waals surface area contributed by atoms with Gasteiger partial charge in [0.2, 0.25) is 0 Å². The number of nitrogens with zero attached hydrogens (tertiary/aromatic N) is 1. The molecule has 1 amide bonds. The van der Waals surface area contributed by atoms with E-state index in [4.69, 9.17) is 10.5 Å². The predicted molar refractivity (Wildman–Crippen MR) is 79.2 cm³/mol. The van der Waals surface area contributed by atoms with Crippen LogP contribution in [-0.2, 0) is 9.53 Å². The van der Waals surface area contributed by atoms with Gasteiger partial charge < -0.3 is 15.4 Å². The van der Waals surface area contributed by atoms with Crippen LogP contribution in [0, 0.1) is 0 Å². The normalized spacial score (nSPS) is 13.9. The minimum atomic E-state index is -0.552. The van der Waals surface area contributed by atoms with Gasteiger partial charge >= 0.3 is 5.97 Å². The molecule has 0 heterocycles. The van der Waals surface area contributed by atoms with Gasteiger partial charge in [-0.15, -0.1) is 0 Å². The number of likely N-dealkylation sites (N-methyl/N-ethyl adjacent to an activating group) is 1. The number of benzene rings is 1. The van der Waals surface area contributed by atoms with Gasteiger partial charge in [-0.05, 0) is 47.8 Å². The van der Waals surface area contributed by atoms with Crippen molar-refractivity contribution in [2.75, 3.05) is 18.9 Å². The molecule has 1 aromatic rings. The van der Waals surface area contributed by atoms with Gasteiger partial charge in [0.25, 0.3) is 5.91 Å². The topological polar surface area (TPSA) is 72.6 Å². The number of esters is 1. The summed E-state index contributed by atoms with van der Waals surface area (Å²) in [7, 11) is 0. The zero-order valence-corrected chi connectivity index (χ0v) is 12.9. The second kappa shape index (κ2) is 6.26. The SMILES string of the molecule is CCN(C(=O)COC(=O)c1cccc(N)c1Br)C1CC1. The van der Waals surface area contributed by atoms with Crippen LogP contribution in [0.4, 0.5) is 5.69 Å². The van der Waals surface area contributed by atoms with Gasteiger partial charge in [0.1, 0.15) is 0 Å². The van der Waals surface area contributed by atoms with E-state index < -0.39 is 5.97 Å². The standard InChI is InChI=1S/C14H17BrN2O3/c1-2-17(9-6-7-9)12(18)8-20-14(19)10-4-3-5-11(16)13(10)15/h3-5,9H,2,6-8,16H2,1H3. The zero-order valence-electron chi connectivity index (χ0n) is 11.3. The molecule has 108 valence electrons. The van der Waals surface area contributed by atoms with E-state index in [1.165, 1.54) is 0 Å². The third kappa shape index (κ3) is 3.30. The molecular weight excluding hydrogens is 324 g/mol. The highest BCUT2D eigenvalue weighted by Crippen LogP contribution is 2.27. The van der Waals surface area contributed by atoms with Crippen LogP contribution in [0.2, 0.25) is 0 Å². The number of nitrogens with two attached hydrogens (primary N) is 1. The largest absolute Gasteiger partial charge is 0.452 e. The first-order valence-corrected chi connectivity index (χ1v) is 7.34. The van der Waals surface area contributed by atoms with E-state index in [-0.39, 0.29) is 12.5 Å². The van der Waals surface area contributed by atoms with Crippen molar-refractivity contribution in [3.8, 4) is 0 Å². The third-order valence-corrected chi connectivity index (χ3v) is 4.11. The van der Waals surface area contributed by atoms with Crippen LogP contribution in [-0.4, -0.2) is 36.0 Å². The lowest BCUT2D eigenvalue weighted by atomic mass is 10.2. The second-order valence-corrected chi connectivity index (χ2v) is 5.49. The van der Waals surface area contributed by atoms with Crippen LogP contribution in [0.15, 0.2) is 22.7 Å². The highest BCUT2D eigenvalue weighted by Gasteiger charge is 2.31. The fourth-order valence-electron chi connectivity index (χ4n) is 2.02. The van der Waals surface area contributed by atoms with E-state index >= 15 is 0 Å². The van der Waals surface area contributed by atoms with Gasteiger partial charge in [-0.25, -0.2) is 4.79 Å². The summed E-state index contributed by atoms with van der Waals surface area (Å²) in [5.74, 6) is -0.701. The maximum Gasteiger partial charge on any atom is 0.339 e. The summed E-state index contributed by atoms with van der Waals surface area (Å²) in [5, 5.41) is 0. The fourth-order valence-corrected chi connectivity index (χ4v) is 2.45. The Kier molecular flexibility index (Phi) is 4.65. The van der Waals surface area contributed by atoms with Crippen molar-refractivity contribution in [2.45, 2.75) is 25.8 Å². The van der Waals surface area contributed by atoms with E-state index in [2.05, 4.69) is 15.9 Å². The predicted octanol–water partition coefficient (Wildman–Crippen LogP) is 2.20. The Morgan fingerprint density at radius 2 is 2.15 bits per heavy atom. The number of carbonyl (C=O) groups excluding carboxylic acids is 2. The smallest absolute Gasteiger partial charge is 0.339 e. The molecule has 1 aromatic carbocycles. The molecule has 1 aliphatic rings. The van der Waals surface area contributed by atoms with Gasteiger partial charge in [0.15, 0.2) is 6.61 Å². The zero-order chi connectivity index (χ0) is 14.7. The van der Waals surface area contributed by atoms with Crippen molar-refractivity contribution in [2.24, 2.45) is 0 Å². The second-order valence-electron chi connectivity index (χ2n) is 4.70. The molecule has 5 nitrogen and oxygen atoms in total. The van der Waals surface area contributed by atoms with Crippen LogP contribution < -0.4 is 5.73 Å². The Hall–Kier alpha value is -1.56. The van der Waals surface area contributed by atoms with E-state index in [9.17, 15) is 9.59 Å². The molecule has 1 fully saturated rings. The van der Waals surface area contributed by atoms with Crippen molar-refractivity contribution in [1.29, 1.82) is 0 Å². The Morgan fingerprint density at radius 1 is 1.45 bits per heavy atom. The number of hydrogen-bond donors (Lipinski definition) is 1. The molecule has 0 atom stereocenters. The van der Waals surface area contributed by atoms with E-state index in [1.807, 2.05) is 6.92 Å². The minimum absolute atomic E-state index is 0.150. The van der Waals surface area contributed by atoms with Crippen LogP contribution in [0.3, 0.4) is 0 Å². The quantitative estimate of drug-likeness (QED) is 0.658. The third-order valence-electron chi connectivity index (χ3n) is 3.22. The molecule has 0 aromatic heterocycles. The summed E-state index contributed by atoms with van der Waals surface area (Å²) in [5.41, 5.74) is 6.49. The van der Waals surface area contributed by atoms with Crippen molar-refractivity contribution in [3.05, 3.63) is 28.2 Å². The first-order chi connectivity index (χ1) is 9.54. The van der Waals surface area contributed by atoms with Crippen LogP contribution >= 0.6 is 15.9 Å². The first-order valence-electron chi connectivity index (χ1n) is 6.55. The number of nitrogen functional groups attached to an aromatic ring is 1. The summed E-state index contributed by atoms with van der Waals surface area (Å²) in [4.78, 5) is 25.6. The Labute approximate surface area is 126 Å². The summed E-state index contributed by atoms with van der Waals surface area (Å²) >= 11 is 3.24. The number of carbonyl (C=O) groups is 2. The molecule has 20 heavy (non-hydrogen) atoms. The van der Waals surface area contributed by atoms with E-state index in [1.54, 1.807) is 23.1 Å². The lowest BCUT2D eigenvalue weighted by molar-refractivity contribution is -0.134. The minimum Gasteiger partial charge on any atom is -0.452 e. The maximum absolute atomic E-state index is 12.0. The van der Waals surface area contributed by atoms with E-state index in [0.29, 0.717) is 28.3 Å². The molecule has 1 aliphatic carbocycles.